The normalized spacial score (nSPS) is 31.6. The fourth-order valence-electron chi connectivity index (χ4n) is 4.08. The summed E-state index contributed by atoms with van der Waals surface area (Å²) < 4.78 is 5.98. The average Bonchev–Trinajstić information content (AvgIpc) is 3.25. The molecule has 4 heterocycles. The predicted octanol–water partition coefficient (Wildman–Crippen LogP) is 1.01. The van der Waals surface area contributed by atoms with Gasteiger partial charge < -0.3 is 19.5 Å². The van der Waals surface area contributed by atoms with Gasteiger partial charge in [0.1, 0.15) is 5.69 Å². The summed E-state index contributed by atoms with van der Waals surface area (Å²) in [4.78, 5) is 31.7. The Bertz CT molecular complexity index is 571. The summed E-state index contributed by atoms with van der Waals surface area (Å²) in [6, 6.07) is 3.73. The summed E-state index contributed by atoms with van der Waals surface area (Å²) in [6.45, 7) is 2.10. The molecule has 0 aromatic carbocycles. The number of nitrogens with one attached hydrogen (secondary N) is 1. The van der Waals surface area contributed by atoms with Crippen LogP contribution in [0.2, 0.25) is 0 Å². The molecule has 4 rings (SSSR count). The van der Waals surface area contributed by atoms with E-state index in [1.807, 2.05) is 15.9 Å². The summed E-state index contributed by atoms with van der Waals surface area (Å²) in [6.07, 6.45) is 5.19. The van der Waals surface area contributed by atoms with E-state index in [0.717, 1.165) is 32.4 Å². The molecule has 0 unspecified atom stereocenters. The quantitative estimate of drug-likeness (QED) is 0.887. The lowest BCUT2D eigenvalue weighted by atomic mass is 10.00. The maximum atomic E-state index is 12.7. The molecule has 0 saturated carbocycles. The van der Waals surface area contributed by atoms with Gasteiger partial charge in [0.05, 0.1) is 18.2 Å². The smallest absolute Gasteiger partial charge is 0.270 e. The summed E-state index contributed by atoms with van der Waals surface area (Å²) in [7, 11) is 0. The first-order valence-electron chi connectivity index (χ1n) is 8.11. The molecule has 6 nitrogen and oxygen atoms in total. The number of amides is 2. The standard InChI is InChI=1S/C16H21N3O3/c20-14-6-2-8-18(14)13-10-19(12-5-3-9-22-15(12)13)16(21)11-4-1-7-17-11/h1,4,7,12-13,15,17H,2-3,5-6,8-10H2/t12-,13-,15+/m1/s1. The first-order valence-corrected chi connectivity index (χ1v) is 8.11. The molecule has 1 aromatic rings. The molecule has 3 saturated heterocycles. The molecule has 22 heavy (non-hydrogen) atoms. The van der Waals surface area contributed by atoms with Crippen LogP contribution < -0.4 is 0 Å². The fourth-order valence-corrected chi connectivity index (χ4v) is 4.08. The van der Waals surface area contributed by atoms with Crippen LogP contribution in [0.4, 0.5) is 0 Å². The minimum atomic E-state index is -0.0327. The zero-order valence-corrected chi connectivity index (χ0v) is 12.5. The van der Waals surface area contributed by atoms with E-state index in [-0.39, 0.29) is 30.0 Å². The topological polar surface area (TPSA) is 65.6 Å². The Morgan fingerprint density at radius 2 is 2.23 bits per heavy atom. The number of hydrogen-bond donors (Lipinski definition) is 1. The van der Waals surface area contributed by atoms with Crippen molar-refractivity contribution in [1.82, 2.24) is 14.8 Å². The molecule has 3 atom stereocenters. The van der Waals surface area contributed by atoms with E-state index >= 15 is 0 Å². The maximum absolute atomic E-state index is 12.7. The van der Waals surface area contributed by atoms with Gasteiger partial charge in [0.15, 0.2) is 0 Å². The SMILES string of the molecule is O=C1CCCN1[C@@H]1CN(C(=O)c2ccc[nH]2)[C@@H]2CCCO[C@H]12. The molecule has 0 spiro atoms. The first-order chi connectivity index (χ1) is 10.8. The van der Waals surface area contributed by atoms with Crippen LogP contribution in [0, 0.1) is 0 Å². The molecule has 6 heteroatoms. The Labute approximate surface area is 129 Å². The first kappa shape index (κ1) is 13.8. The third kappa shape index (κ3) is 2.13. The maximum Gasteiger partial charge on any atom is 0.270 e. The molecule has 1 N–H and O–H groups in total. The van der Waals surface area contributed by atoms with Crippen molar-refractivity contribution in [1.29, 1.82) is 0 Å². The van der Waals surface area contributed by atoms with Crippen molar-refractivity contribution in [3.63, 3.8) is 0 Å². The van der Waals surface area contributed by atoms with E-state index in [4.69, 9.17) is 4.74 Å². The van der Waals surface area contributed by atoms with Gasteiger partial charge in [0, 0.05) is 32.3 Å². The summed E-state index contributed by atoms with van der Waals surface area (Å²) in [5.41, 5.74) is 0.609. The number of fused-ring (bicyclic) bond motifs is 1. The number of aromatic amines is 1. The molecule has 1 aromatic heterocycles. The minimum absolute atomic E-state index is 0.0132. The van der Waals surface area contributed by atoms with Gasteiger partial charge in [-0.15, -0.1) is 0 Å². The highest BCUT2D eigenvalue weighted by molar-refractivity contribution is 5.93. The van der Waals surface area contributed by atoms with Crippen molar-refractivity contribution in [2.75, 3.05) is 19.7 Å². The molecule has 0 aliphatic carbocycles. The molecule has 0 bridgehead atoms. The Balaban J connectivity index is 1.60. The third-order valence-electron chi connectivity index (χ3n) is 5.10. The number of likely N-dealkylation sites (tertiary alicyclic amines) is 2. The predicted molar refractivity (Wildman–Crippen MR) is 79.3 cm³/mol. The number of nitrogens with zero attached hydrogens (tertiary/aromatic N) is 2. The largest absolute Gasteiger partial charge is 0.374 e. The highest BCUT2D eigenvalue weighted by atomic mass is 16.5. The van der Waals surface area contributed by atoms with Crippen LogP contribution in [0.15, 0.2) is 18.3 Å². The van der Waals surface area contributed by atoms with Crippen molar-refractivity contribution < 1.29 is 14.3 Å². The van der Waals surface area contributed by atoms with Crippen LogP contribution in [-0.4, -0.2) is 64.5 Å². The second kappa shape index (κ2) is 5.43. The van der Waals surface area contributed by atoms with Gasteiger partial charge in [0.2, 0.25) is 5.91 Å². The number of aromatic nitrogens is 1. The van der Waals surface area contributed by atoms with E-state index < -0.39 is 0 Å². The number of carbonyl (C=O) groups excluding carboxylic acids is 2. The second-order valence-electron chi connectivity index (χ2n) is 6.34. The van der Waals surface area contributed by atoms with Crippen LogP contribution in [-0.2, 0) is 9.53 Å². The highest BCUT2D eigenvalue weighted by Crippen LogP contribution is 2.34. The molecule has 3 aliphatic heterocycles. The van der Waals surface area contributed by atoms with E-state index in [2.05, 4.69) is 4.98 Å². The van der Waals surface area contributed by atoms with Crippen LogP contribution in [0.25, 0.3) is 0 Å². The summed E-state index contributed by atoms with van der Waals surface area (Å²) in [5, 5.41) is 0. The molecule has 3 aliphatic rings. The lowest BCUT2D eigenvalue weighted by Crippen LogP contribution is -2.48. The zero-order chi connectivity index (χ0) is 15.1. The van der Waals surface area contributed by atoms with Gasteiger partial charge in [0.25, 0.3) is 5.91 Å². The molecular weight excluding hydrogens is 282 g/mol. The van der Waals surface area contributed by atoms with Gasteiger partial charge in [-0.2, -0.15) is 0 Å². The van der Waals surface area contributed by atoms with Crippen molar-refractivity contribution in [3.05, 3.63) is 24.0 Å². The minimum Gasteiger partial charge on any atom is -0.374 e. The van der Waals surface area contributed by atoms with E-state index in [0.29, 0.717) is 18.7 Å². The monoisotopic (exact) mass is 303 g/mol. The Hall–Kier alpha value is -1.82. The van der Waals surface area contributed by atoms with Crippen molar-refractivity contribution in [3.8, 4) is 0 Å². The Morgan fingerprint density at radius 1 is 1.32 bits per heavy atom. The van der Waals surface area contributed by atoms with Gasteiger partial charge in [-0.25, -0.2) is 0 Å². The number of H-pyrrole nitrogens is 1. The number of hydrogen-bond acceptors (Lipinski definition) is 3. The van der Waals surface area contributed by atoms with Gasteiger partial charge >= 0.3 is 0 Å². The third-order valence-corrected chi connectivity index (χ3v) is 5.10. The van der Waals surface area contributed by atoms with Crippen molar-refractivity contribution in [2.24, 2.45) is 0 Å². The molecule has 2 amide bonds. The number of ether oxygens (including phenoxy) is 1. The lowest BCUT2D eigenvalue weighted by molar-refractivity contribution is -0.132. The Kier molecular flexibility index (Phi) is 3.41. The second-order valence-corrected chi connectivity index (χ2v) is 6.34. The lowest BCUT2D eigenvalue weighted by Gasteiger charge is -2.34. The van der Waals surface area contributed by atoms with E-state index in [1.54, 1.807) is 12.3 Å². The molecular formula is C16H21N3O3. The molecule has 118 valence electrons. The Morgan fingerprint density at radius 3 is 2.95 bits per heavy atom. The summed E-state index contributed by atoms with van der Waals surface area (Å²) in [5.74, 6) is 0.215. The average molecular weight is 303 g/mol. The highest BCUT2D eigenvalue weighted by Gasteiger charge is 2.50. The molecule has 3 fully saturated rings. The fraction of sp³-hybridized carbons (Fsp3) is 0.625. The van der Waals surface area contributed by atoms with Crippen LogP contribution in [0.1, 0.15) is 36.2 Å². The zero-order valence-electron chi connectivity index (χ0n) is 12.5. The summed E-state index contributed by atoms with van der Waals surface area (Å²) >= 11 is 0. The van der Waals surface area contributed by atoms with Gasteiger partial charge in [-0.05, 0) is 31.4 Å². The van der Waals surface area contributed by atoms with E-state index in [9.17, 15) is 9.59 Å². The van der Waals surface area contributed by atoms with Crippen LogP contribution in [0.3, 0.4) is 0 Å². The van der Waals surface area contributed by atoms with Crippen LogP contribution >= 0.6 is 0 Å². The number of carbonyl (C=O) groups is 2. The van der Waals surface area contributed by atoms with Crippen molar-refractivity contribution >= 4 is 11.8 Å². The van der Waals surface area contributed by atoms with Gasteiger partial charge in [-0.3, -0.25) is 9.59 Å². The number of rotatable bonds is 2. The van der Waals surface area contributed by atoms with Crippen molar-refractivity contribution in [2.45, 2.75) is 43.9 Å². The van der Waals surface area contributed by atoms with Gasteiger partial charge in [-0.1, -0.05) is 0 Å². The van der Waals surface area contributed by atoms with Crippen LogP contribution in [0.5, 0.6) is 0 Å². The molecule has 0 radical (unpaired) electrons. The van der Waals surface area contributed by atoms with E-state index in [1.165, 1.54) is 0 Å².